The van der Waals surface area contributed by atoms with Gasteiger partial charge in [0, 0.05) is 51.3 Å². The van der Waals surface area contributed by atoms with E-state index in [-0.39, 0.29) is 31.0 Å². The molecule has 6 nitrogen and oxygen atoms in total. The van der Waals surface area contributed by atoms with E-state index >= 15 is 0 Å². The predicted octanol–water partition coefficient (Wildman–Crippen LogP) is 6.73. The average Bonchev–Trinajstić information content (AvgIpc) is 3.00. The van der Waals surface area contributed by atoms with Crippen LogP contribution in [0, 0.1) is 0 Å². The Kier molecular flexibility index (Phi) is 8.54. The molecule has 1 fully saturated rings. The first kappa shape index (κ1) is 28.7. The Morgan fingerprint density at radius 1 is 0.976 bits per heavy atom. The first-order valence-electron chi connectivity index (χ1n) is 15.3. The number of hydrogen-bond acceptors (Lipinski definition) is 4. The van der Waals surface area contributed by atoms with Crippen LogP contribution in [0.15, 0.2) is 66.9 Å². The van der Waals surface area contributed by atoms with Gasteiger partial charge in [-0.1, -0.05) is 54.6 Å². The highest BCUT2D eigenvalue weighted by Gasteiger charge is 2.36. The molecule has 0 unspecified atom stereocenters. The molecule has 2 aliphatic carbocycles. The van der Waals surface area contributed by atoms with Crippen molar-refractivity contribution in [2.75, 3.05) is 6.54 Å². The number of benzene rings is 2. The quantitative estimate of drug-likeness (QED) is 0.312. The fourth-order valence-electron chi connectivity index (χ4n) is 6.99. The molecule has 3 aromatic rings. The van der Waals surface area contributed by atoms with Gasteiger partial charge in [0.2, 0.25) is 5.92 Å². The van der Waals surface area contributed by atoms with E-state index < -0.39 is 12.0 Å². The van der Waals surface area contributed by atoms with Crippen LogP contribution in [-0.4, -0.2) is 50.5 Å². The Balaban J connectivity index is 1.19. The molecule has 0 bridgehead atoms. The smallest absolute Gasteiger partial charge is 0.407 e. The Bertz CT molecular complexity index is 1370. The van der Waals surface area contributed by atoms with E-state index in [1.165, 1.54) is 11.1 Å². The summed E-state index contributed by atoms with van der Waals surface area (Å²) in [6.07, 6.45) is 5.71. The number of pyridine rings is 1. The highest BCUT2D eigenvalue weighted by Crippen LogP contribution is 2.36. The highest BCUT2D eigenvalue weighted by molar-refractivity contribution is 5.66. The second-order valence-corrected chi connectivity index (χ2v) is 12.2. The molecule has 2 aromatic carbocycles. The summed E-state index contributed by atoms with van der Waals surface area (Å²) < 4.78 is 27.0. The van der Waals surface area contributed by atoms with Gasteiger partial charge in [-0.25, -0.2) is 13.6 Å². The number of carboxylic acid groups (broad SMARTS) is 1. The molecule has 222 valence electrons. The third kappa shape index (κ3) is 6.65. The molecule has 1 saturated carbocycles. The second-order valence-electron chi connectivity index (χ2n) is 12.2. The Morgan fingerprint density at radius 2 is 1.69 bits per heavy atom. The van der Waals surface area contributed by atoms with Gasteiger partial charge in [0.05, 0.1) is 17.8 Å². The number of halogens is 2. The molecule has 1 amide bonds. The molecule has 2 atom stereocenters. The second kappa shape index (κ2) is 12.5. The third-order valence-electron chi connectivity index (χ3n) is 9.37. The largest absolute Gasteiger partial charge is 0.465 e. The molecule has 1 aliphatic heterocycles. The minimum Gasteiger partial charge on any atom is -0.465 e. The van der Waals surface area contributed by atoms with Gasteiger partial charge in [-0.3, -0.25) is 14.8 Å². The van der Waals surface area contributed by atoms with Gasteiger partial charge < -0.3 is 10.4 Å². The van der Waals surface area contributed by atoms with Gasteiger partial charge in [-0.15, -0.1) is 0 Å². The summed E-state index contributed by atoms with van der Waals surface area (Å²) in [6, 6.07) is 20.9. The number of rotatable bonds is 8. The number of amides is 1. The summed E-state index contributed by atoms with van der Waals surface area (Å²) in [5, 5.41) is 13.6. The zero-order chi connectivity index (χ0) is 29.1. The van der Waals surface area contributed by atoms with E-state index in [4.69, 9.17) is 4.98 Å². The van der Waals surface area contributed by atoms with Crippen molar-refractivity contribution >= 4 is 6.09 Å². The molecule has 3 aliphatic rings. The number of nitrogens with one attached hydrogen (secondary N) is 1. The molecule has 2 heterocycles. The van der Waals surface area contributed by atoms with Crippen molar-refractivity contribution in [1.82, 2.24) is 20.1 Å². The van der Waals surface area contributed by atoms with E-state index in [2.05, 4.69) is 46.6 Å². The van der Waals surface area contributed by atoms with Crippen LogP contribution in [0.2, 0.25) is 0 Å². The van der Waals surface area contributed by atoms with Crippen LogP contribution in [0.25, 0.3) is 0 Å². The predicted molar refractivity (Wildman–Crippen MR) is 158 cm³/mol. The van der Waals surface area contributed by atoms with Crippen LogP contribution in [0.3, 0.4) is 0 Å². The number of nitrogens with zero attached hydrogens (tertiary/aromatic N) is 3. The number of fused-ring (bicyclic) bond motifs is 2. The zero-order valence-electron chi connectivity index (χ0n) is 24.0. The zero-order valence-corrected chi connectivity index (χ0v) is 24.0. The SMILES string of the molecule is O=C(O)N1Cc2ccccc2C[C@@H]1CN(Cc1ccc(CNC2CCC(F)(F)CC2)cc1)[C@H]1CCCc2cccnc21. The van der Waals surface area contributed by atoms with Crippen molar-refractivity contribution in [1.29, 1.82) is 0 Å². The van der Waals surface area contributed by atoms with Crippen LogP contribution in [0.5, 0.6) is 0 Å². The Hall–Kier alpha value is -3.36. The maximum Gasteiger partial charge on any atom is 0.407 e. The van der Waals surface area contributed by atoms with Gasteiger partial charge in [0.1, 0.15) is 0 Å². The Labute approximate surface area is 246 Å². The summed E-state index contributed by atoms with van der Waals surface area (Å²) >= 11 is 0. The summed E-state index contributed by atoms with van der Waals surface area (Å²) in [5.74, 6) is -2.51. The van der Waals surface area contributed by atoms with Crippen LogP contribution in [0.4, 0.5) is 13.6 Å². The standard InChI is InChI=1S/C34H40F2N4O2/c35-34(36)16-14-29(15-17-34)38-20-24-10-12-25(13-11-24)21-39(31-9-3-7-26-8-4-18-37-32(26)31)23-30-19-27-5-1-2-6-28(27)22-40(30)33(41)42/h1-2,4-6,8,10-13,18,29-31,38H,3,7,9,14-17,19-23H2,(H,41,42)/t30-,31+/m1/s1. The number of carbonyl (C=O) groups is 1. The van der Waals surface area contributed by atoms with Gasteiger partial charge >= 0.3 is 6.09 Å². The van der Waals surface area contributed by atoms with Crippen LogP contribution >= 0.6 is 0 Å². The van der Waals surface area contributed by atoms with E-state index in [9.17, 15) is 18.7 Å². The van der Waals surface area contributed by atoms with Crippen molar-refractivity contribution in [3.8, 4) is 0 Å². The van der Waals surface area contributed by atoms with E-state index in [0.717, 1.165) is 41.6 Å². The number of aryl methyl sites for hydroxylation is 1. The van der Waals surface area contributed by atoms with Crippen LogP contribution in [-0.2, 0) is 32.5 Å². The Morgan fingerprint density at radius 3 is 2.45 bits per heavy atom. The molecule has 0 saturated heterocycles. The summed E-state index contributed by atoms with van der Waals surface area (Å²) in [6.45, 7) is 2.38. The highest BCUT2D eigenvalue weighted by atomic mass is 19.3. The lowest BCUT2D eigenvalue weighted by molar-refractivity contribution is -0.0405. The maximum atomic E-state index is 13.5. The summed E-state index contributed by atoms with van der Waals surface area (Å²) in [5.41, 5.74) is 7.00. The molecule has 0 radical (unpaired) electrons. The lowest BCUT2D eigenvalue weighted by Crippen LogP contribution is -2.50. The minimum absolute atomic E-state index is 0.0372. The lowest BCUT2D eigenvalue weighted by Gasteiger charge is -2.41. The lowest BCUT2D eigenvalue weighted by atomic mass is 9.89. The number of aromatic nitrogens is 1. The molecule has 1 aromatic heterocycles. The summed E-state index contributed by atoms with van der Waals surface area (Å²) in [4.78, 5) is 21.2. The van der Waals surface area contributed by atoms with Crippen LogP contribution in [0.1, 0.15) is 78.1 Å². The topological polar surface area (TPSA) is 68.7 Å². The normalized spacial score (nSPS) is 22.0. The van der Waals surface area contributed by atoms with E-state index in [0.29, 0.717) is 45.4 Å². The molecular weight excluding hydrogens is 534 g/mol. The fraction of sp³-hybridized carbons (Fsp3) is 0.471. The molecule has 0 spiro atoms. The molecule has 2 N–H and O–H groups in total. The minimum atomic E-state index is -2.51. The molecule has 42 heavy (non-hydrogen) atoms. The van der Waals surface area contributed by atoms with Gasteiger partial charge in [-0.05, 0) is 72.4 Å². The van der Waals surface area contributed by atoms with Gasteiger partial charge in [0.15, 0.2) is 0 Å². The molecule has 6 rings (SSSR count). The van der Waals surface area contributed by atoms with Crippen molar-refractivity contribution < 1.29 is 18.7 Å². The van der Waals surface area contributed by atoms with Gasteiger partial charge in [0.25, 0.3) is 0 Å². The van der Waals surface area contributed by atoms with Gasteiger partial charge in [-0.2, -0.15) is 0 Å². The van der Waals surface area contributed by atoms with Crippen molar-refractivity contribution in [3.63, 3.8) is 0 Å². The fourth-order valence-corrected chi connectivity index (χ4v) is 6.99. The third-order valence-corrected chi connectivity index (χ3v) is 9.37. The maximum absolute atomic E-state index is 13.5. The molecule has 8 heteroatoms. The van der Waals surface area contributed by atoms with E-state index in [1.807, 2.05) is 30.5 Å². The van der Waals surface area contributed by atoms with Crippen molar-refractivity contribution in [3.05, 3.63) is 100 Å². The molecular formula is C34H40F2N4O2. The van der Waals surface area contributed by atoms with Crippen LogP contribution < -0.4 is 5.32 Å². The first-order chi connectivity index (χ1) is 20.3. The monoisotopic (exact) mass is 574 g/mol. The average molecular weight is 575 g/mol. The number of alkyl halides is 2. The number of hydrogen-bond donors (Lipinski definition) is 2. The summed E-state index contributed by atoms with van der Waals surface area (Å²) in [7, 11) is 0. The van der Waals surface area contributed by atoms with E-state index in [1.54, 1.807) is 4.90 Å². The van der Waals surface area contributed by atoms with Crippen molar-refractivity contribution in [2.45, 2.75) is 95.0 Å². The van der Waals surface area contributed by atoms with Crippen molar-refractivity contribution in [2.24, 2.45) is 0 Å². The first-order valence-corrected chi connectivity index (χ1v) is 15.3.